The molecule has 4 aromatic rings. The van der Waals surface area contributed by atoms with Crippen molar-refractivity contribution in [2.24, 2.45) is 0 Å². The van der Waals surface area contributed by atoms with Crippen molar-refractivity contribution in [3.05, 3.63) is 64.3 Å². The third-order valence-corrected chi connectivity index (χ3v) is 5.56. The van der Waals surface area contributed by atoms with E-state index in [1.165, 1.54) is 11.3 Å². The number of methoxy groups -OCH3 is 1. The van der Waals surface area contributed by atoms with Crippen LogP contribution in [0.2, 0.25) is 0 Å². The zero-order chi connectivity index (χ0) is 20.9. The summed E-state index contributed by atoms with van der Waals surface area (Å²) in [7, 11) is 1.61. The third kappa shape index (κ3) is 4.92. The molecule has 0 fully saturated rings. The van der Waals surface area contributed by atoms with Gasteiger partial charge in [0.15, 0.2) is 5.13 Å². The quantitative estimate of drug-likeness (QED) is 0.387. The lowest BCUT2D eigenvalue weighted by Gasteiger charge is -2.00. The van der Waals surface area contributed by atoms with Gasteiger partial charge in [-0.05, 0) is 36.4 Å². The van der Waals surface area contributed by atoms with Gasteiger partial charge in [-0.25, -0.2) is 4.98 Å². The molecular weight excluding hydrogens is 468 g/mol. The maximum absolute atomic E-state index is 12.3. The molecule has 0 unspecified atom stereocenters. The first kappa shape index (κ1) is 20.2. The fourth-order valence-corrected chi connectivity index (χ4v) is 3.70. The summed E-state index contributed by atoms with van der Waals surface area (Å²) in [6, 6.07) is 15.2. The molecule has 0 saturated carbocycles. The molecule has 1 amide bonds. The van der Waals surface area contributed by atoms with E-state index in [2.05, 4.69) is 36.4 Å². The number of aromatic nitrogens is 3. The molecule has 0 saturated heterocycles. The van der Waals surface area contributed by atoms with Crippen LogP contribution in [0.4, 0.5) is 5.13 Å². The number of benzene rings is 2. The number of ether oxygens (including phenoxy) is 1. The van der Waals surface area contributed by atoms with Gasteiger partial charge in [0.2, 0.25) is 17.6 Å². The van der Waals surface area contributed by atoms with Gasteiger partial charge in [0.05, 0.1) is 12.8 Å². The Morgan fingerprint density at radius 3 is 2.57 bits per heavy atom. The summed E-state index contributed by atoms with van der Waals surface area (Å²) in [5.41, 5.74) is 2.63. The molecule has 0 atom stereocenters. The summed E-state index contributed by atoms with van der Waals surface area (Å²) in [6.45, 7) is 0. The minimum absolute atomic E-state index is 0.157. The Bertz CT molecular complexity index is 1140. The van der Waals surface area contributed by atoms with Crippen molar-refractivity contribution in [1.82, 2.24) is 15.1 Å². The van der Waals surface area contributed by atoms with Crippen LogP contribution in [-0.4, -0.2) is 28.1 Å². The van der Waals surface area contributed by atoms with Gasteiger partial charge in [0.25, 0.3) is 0 Å². The number of thiazole rings is 1. The Balaban J connectivity index is 1.32. The van der Waals surface area contributed by atoms with E-state index < -0.39 is 0 Å². The number of nitrogens with one attached hydrogen (secondary N) is 1. The molecule has 4 rings (SSSR count). The Kier molecular flexibility index (Phi) is 6.20. The Hall–Kier alpha value is -3.04. The predicted octanol–water partition coefficient (Wildman–Crippen LogP) is 5.20. The number of hydrogen-bond acceptors (Lipinski definition) is 7. The molecule has 0 radical (unpaired) electrons. The van der Waals surface area contributed by atoms with E-state index in [0.717, 1.165) is 27.0 Å². The first-order chi connectivity index (χ1) is 14.6. The summed E-state index contributed by atoms with van der Waals surface area (Å²) in [4.78, 5) is 21.1. The summed E-state index contributed by atoms with van der Waals surface area (Å²) in [5, 5.41) is 9.27. The largest absolute Gasteiger partial charge is 0.497 e. The molecule has 0 aliphatic rings. The number of carbonyl (C=O) groups excluding carboxylic acids is 1. The fourth-order valence-electron chi connectivity index (χ4n) is 2.70. The Morgan fingerprint density at radius 2 is 1.83 bits per heavy atom. The zero-order valence-corrected chi connectivity index (χ0v) is 18.4. The minimum Gasteiger partial charge on any atom is -0.497 e. The molecule has 2 aromatic heterocycles. The second kappa shape index (κ2) is 9.19. The number of hydrogen-bond donors (Lipinski definition) is 1. The number of amides is 1. The molecule has 30 heavy (non-hydrogen) atoms. The van der Waals surface area contributed by atoms with Crippen LogP contribution in [0.25, 0.3) is 22.6 Å². The molecule has 0 aliphatic heterocycles. The highest BCUT2D eigenvalue weighted by molar-refractivity contribution is 9.10. The minimum atomic E-state index is -0.157. The number of aryl methyl sites for hydroxylation is 1. The van der Waals surface area contributed by atoms with Gasteiger partial charge in [-0.2, -0.15) is 4.98 Å². The van der Waals surface area contributed by atoms with E-state index in [4.69, 9.17) is 9.26 Å². The Labute approximate surface area is 185 Å². The molecule has 1 N–H and O–H groups in total. The highest BCUT2D eigenvalue weighted by atomic mass is 79.9. The van der Waals surface area contributed by atoms with Crippen LogP contribution in [0.1, 0.15) is 12.3 Å². The van der Waals surface area contributed by atoms with Gasteiger partial charge in [-0.15, -0.1) is 11.3 Å². The lowest BCUT2D eigenvalue weighted by molar-refractivity contribution is -0.116. The van der Waals surface area contributed by atoms with Crippen LogP contribution in [0.5, 0.6) is 5.75 Å². The highest BCUT2D eigenvalue weighted by Gasteiger charge is 2.12. The molecular formula is C21H17BrN4O3S. The van der Waals surface area contributed by atoms with Crippen molar-refractivity contribution in [3.8, 4) is 28.4 Å². The fraction of sp³-hybridized carbons (Fsp3) is 0.143. The standard InChI is InChI=1S/C21H17BrN4O3S/c1-28-16-8-4-14(5-9-16)20-25-19(29-26-20)11-10-18(27)24-21-23-17(12-30-21)13-2-6-15(22)7-3-13/h2-9,12H,10-11H2,1H3,(H,23,24,27). The number of anilines is 1. The first-order valence-corrected chi connectivity index (χ1v) is 10.8. The zero-order valence-electron chi connectivity index (χ0n) is 16.0. The van der Waals surface area contributed by atoms with Crippen molar-refractivity contribution in [1.29, 1.82) is 0 Å². The number of nitrogens with zero attached hydrogens (tertiary/aromatic N) is 3. The second-order valence-corrected chi connectivity index (χ2v) is 8.11. The van der Waals surface area contributed by atoms with Gasteiger partial charge >= 0.3 is 0 Å². The van der Waals surface area contributed by atoms with Crippen LogP contribution in [0, 0.1) is 0 Å². The lowest BCUT2D eigenvalue weighted by atomic mass is 10.2. The van der Waals surface area contributed by atoms with Crippen LogP contribution < -0.4 is 10.1 Å². The number of rotatable bonds is 7. The van der Waals surface area contributed by atoms with E-state index in [1.54, 1.807) is 7.11 Å². The maximum Gasteiger partial charge on any atom is 0.227 e. The predicted molar refractivity (Wildman–Crippen MR) is 118 cm³/mol. The summed E-state index contributed by atoms with van der Waals surface area (Å²) in [5.74, 6) is 1.48. The van der Waals surface area contributed by atoms with Crippen LogP contribution in [0.15, 0.2) is 62.9 Å². The molecule has 0 bridgehead atoms. The van der Waals surface area contributed by atoms with E-state index >= 15 is 0 Å². The molecule has 7 nitrogen and oxygen atoms in total. The van der Waals surface area contributed by atoms with Crippen molar-refractivity contribution in [2.45, 2.75) is 12.8 Å². The molecule has 2 heterocycles. The maximum atomic E-state index is 12.3. The van der Waals surface area contributed by atoms with Crippen LogP contribution >= 0.6 is 27.3 Å². The van der Waals surface area contributed by atoms with Crippen molar-refractivity contribution in [2.75, 3.05) is 12.4 Å². The average Bonchev–Trinajstić information content (AvgIpc) is 3.43. The van der Waals surface area contributed by atoms with Gasteiger partial charge < -0.3 is 14.6 Å². The third-order valence-electron chi connectivity index (χ3n) is 4.27. The molecule has 152 valence electrons. The lowest BCUT2D eigenvalue weighted by Crippen LogP contribution is -2.12. The summed E-state index contributed by atoms with van der Waals surface area (Å²) < 4.78 is 11.4. The molecule has 2 aromatic carbocycles. The number of carbonyl (C=O) groups is 1. The Morgan fingerprint density at radius 1 is 1.10 bits per heavy atom. The van der Waals surface area contributed by atoms with E-state index in [0.29, 0.717) is 23.3 Å². The SMILES string of the molecule is COc1ccc(-c2noc(CCC(=O)Nc3nc(-c4ccc(Br)cc4)cs3)n2)cc1. The van der Waals surface area contributed by atoms with E-state index in [9.17, 15) is 4.79 Å². The monoisotopic (exact) mass is 484 g/mol. The summed E-state index contributed by atoms with van der Waals surface area (Å²) >= 11 is 4.80. The van der Waals surface area contributed by atoms with Gasteiger partial charge in [-0.3, -0.25) is 4.79 Å². The van der Waals surface area contributed by atoms with Gasteiger partial charge in [-0.1, -0.05) is 33.2 Å². The van der Waals surface area contributed by atoms with E-state index in [1.807, 2.05) is 53.9 Å². The average molecular weight is 485 g/mol. The first-order valence-electron chi connectivity index (χ1n) is 9.09. The molecule has 9 heteroatoms. The van der Waals surface area contributed by atoms with Crippen molar-refractivity contribution >= 4 is 38.3 Å². The van der Waals surface area contributed by atoms with Crippen molar-refractivity contribution < 1.29 is 14.1 Å². The van der Waals surface area contributed by atoms with Crippen LogP contribution in [-0.2, 0) is 11.2 Å². The second-order valence-electron chi connectivity index (χ2n) is 6.33. The molecule has 0 aliphatic carbocycles. The normalized spacial score (nSPS) is 10.7. The highest BCUT2D eigenvalue weighted by Crippen LogP contribution is 2.26. The smallest absolute Gasteiger partial charge is 0.227 e. The number of halogens is 1. The van der Waals surface area contributed by atoms with Crippen molar-refractivity contribution in [3.63, 3.8) is 0 Å². The van der Waals surface area contributed by atoms with E-state index in [-0.39, 0.29) is 12.3 Å². The van der Waals surface area contributed by atoms with Crippen LogP contribution in [0.3, 0.4) is 0 Å². The van der Waals surface area contributed by atoms with Gasteiger partial charge in [0.1, 0.15) is 5.75 Å². The summed E-state index contributed by atoms with van der Waals surface area (Å²) in [6.07, 6.45) is 0.567. The van der Waals surface area contributed by atoms with Gasteiger partial charge in [0, 0.05) is 33.8 Å². The topological polar surface area (TPSA) is 90.1 Å². The molecule has 0 spiro atoms.